The standard InChI is InChI=1S/C30H33N3O4/c1-20(2)28(29(34)31-21-11-13-22(14-12-21)33-15-17-36-18-16-33)32-30(35)37-19-27-25-9-5-3-7-23(25)24-8-4-6-10-26(24)27/h3-14,20,27-28H,15-19H2,1-2H3,(H,31,34)(H,32,35)/t28-/m0/s1. The summed E-state index contributed by atoms with van der Waals surface area (Å²) in [5.74, 6) is -0.426. The molecule has 0 aromatic heterocycles. The van der Waals surface area contributed by atoms with E-state index in [2.05, 4.69) is 39.8 Å². The van der Waals surface area contributed by atoms with E-state index in [1.807, 2.05) is 62.4 Å². The molecule has 3 aromatic carbocycles. The second-order valence-corrected chi connectivity index (χ2v) is 9.83. The quantitative estimate of drug-likeness (QED) is 0.477. The summed E-state index contributed by atoms with van der Waals surface area (Å²) in [5, 5.41) is 5.71. The van der Waals surface area contributed by atoms with Crippen LogP contribution in [-0.2, 0) is 14.3 Å². The monoisotopic (exact) mass is 499 g/mol. The fourth-order valence-corrected chi connectivity index (χ4v) is 5.10. The van der Waals surface area contributed by atoms with Crippen LogP contribution < -0.4 is 15.5 Å². The van der Waals surface area contributed by atoms with Gasteiger partial charge >= 0.3 is 6.09 Å². The minimum atomic E-state index is -0.727. The summed E-state index contributed by atoms with van der Waals surface area (Å²) in [4.78, 5) is 28.1. The van der Waals surface area contributed by atoms with Gasteiger partial charge in [-0.3, -0.25) is 4.79 Å². The maximum atomic E-state index is 13.1. The summed E-state index contributed by atoms with van der Waals surface area (Å²) in [7, 11) is 0. The molecule has 0 bridgehead atoms. The molecule has 7 heteroatoms. The molecule has 2 aliphatic rings. The predicted octanol–water partition coefficient (Wildman–Crippen LogP) is 5.03. The topological polar surface area (TPSA) is 79.9 Å². The number of ether oxygens (including phenoxy) is 2. The van der Waals surface area contributed by atoms with E-state index in [0.29, 0.717) is 5.69 Å². The molecular weight excluding hydrogens is 466 g/mol. The molecule has 0 spiro atoms. The summed E-state index contributed by atoms with van der Waals surface area (Å²) in [6.07, 6.45) is -0.599. The number of fused-ring (bicyclic) bond motifs is 3. The second-order valence-electron chi connectivity index (χ2n) is 9.83. The molecule has 1 heterocycles. The molecule has 1 aliphatic heterocycles. The van der Waals surface area contributed by atoms with E-state index in [1.165, 1.54) is 11.1 Å². The molecule has 1 saturated heterocycles. The van der Waals surface area contributed by atoms with E-state index in [-0.39, 0.29) is 24.3 Å². The number of anilines is 2. The summed E-state index contributed by atoms with van der Waals surface area (Å²) >= 11 is 0. The van der Waals surface area contributed by atoms with E-state index in [9.17, 15) is 9.59 Å². The SMILES string of the molecule is CC(C)[C@H](NC(=O)OCC1c2ccccc2-c2ccccc21)C(=O)Nc1ccc(N2CCOCC2)cc1. The van der Waals surface area contributed by atoms with Crippen molar-refractivity contribution >= 4 is 23.4 Å². The van der Waals surface area contributed by atoms with E-state index in [0.717, 1.165) is 43.1 Å². The van der Waals surface area contributed by atoms with Crippen molar-refractivity contribution in [2.24, 2.45) is 5.92 Å². The lowest BCUT2D eigenvalue weighted by molar-refractivity contribution is -0.119. The van der Waals surface area contributed by atoms with Gasteiger partial charge in [-0.25, -0.2) is 4.79 Å². The number of morpholine rings is 1. The molecule has 37 heavy (non-hydrogen) atoms. The summed E-state index contributed by atoms with van der Waals surface area (Å²) in [6, 6.07) is 23.4. The first-order valence-corrected chi connectivity index (χ1v) is 12.9. The fourth-order valence-electron chi connectivity index (χ4n) is 5.10. The third-order valence-electron chi connectivity index (χ3n) is 7.08. The summed E-state index contributed by atoms with van der Waals surface area (Å²) < 4.78 is 11.1. The van der Waals surface area contributed by atoms with Gasteiger partial charge in [0.15, 0.2) is 0 Å². The molecule has 0 radical (unpaired) electrons. The Morgan fingerprint density at radius 3 is 2.11 bits per heavy atom. The van der Waals surface area contributed by atoms with Crippen LogP contribution in [0.3, 0.4) is 0 Å². The van der Waals surface area contributed by atoms with Gasteiger partial charge in [0.2, 0.25) is 5.91 Å². The largest absolute Gasteiger partial charge is 0.449 e. The average Bonchev–Trinajstić information content (AvgIpc) is 3.25. The van der Waals surface area contributed by atoms with Crippen LogP contribution >= 0.6 is 0 Å². The highest BCUT2D eigenvalue weighted by atomic mass is 16.5. The van der Waals surface area contributed by atoms with Gasteiger partial charge in [-0.15, -0.1) is 0 Å². The molecule has 1 fully saturated rings. The number of benzene rings is 3. The molecule has 192 valence electrons. The van der Waals surface area contributed by atoms with Crippen LogP contribution in [0.1, 0.15) is 30.9 Å². The Morgan fingerprint density at radius 1 is 0.919 bits per heavy atom. The minimum Gasteiger partial charge on any atom is -0.449 e. The zero-order chi connectivity index (χ0) is 25.8. The van der Waals surface area contributed by atoms with Crippen molar-refractivity contribution in [1.29, 1.82) is 0 Å². The molecule has 1 atom stereocenters. The molecule has 3 aromatic rings. The second kappa shape index (κ2) is 11.0. The van der Waals surface area contributed by atoms with Crippen molar-refractivity contribution in [3.8, 4) is 11.1 Å². The van der Waals surface area contributed by atoms with Crippen molar-refractivity contribution < 1.29 is 19.1 Å². The molecule has 2 amide bonds. The Kier molecular flexibility index (Phi) is 7.42. The highest BCUT2D eigenvalue weighted by Gasteiger charge is 2.30. The number of alkyl carbamates (subject to hydrolysis) is 1. The first-order chi connectivity index (χ1) is 18.0. The Bertz CT molecular complexity index is 1210. The van der Waals surface area contributed by atoms with Gasteiger partial charge in [0.1, 0.15) is 12.6 Å². The van der Waals surface area contributed by atoms with E-state index >= 15 is 0 Å². The van der Waals surface area contributed by atoms with Crippen molar-refractivity contribution in [3.63, 3.8) is 0 Å². The molecule has 7 nitrogen and oxygen atoms in total. The van der Waals surface area contributed by atoms with Crippen LogP contribution in [0.15, 0.2) is 72.8 Å². The molecule has 1 aliphatic carbocycles. The van der Waals surface area contributed by atoms with Crippen LogP contribution in [0, 0.1) is 5.92 Å². The Hall–Kier alpha value is -3.84. The molecule has 2 N–H and O–H groups in total. The number of nitrogens with one attached hydrogen (secondary N) is 2. The first kappa shape index (κ1) is 24.8. The number of carbonyl (C=O) groups is 2. The van der Waals surface area contributed by atoms with Gasteiger partial charge in [0.25, 0.3) is 0 Å². The lowest BCUT2D eigenvalue weighted by Crippen LogP contribution is -2.47. The highest BCUT2D eigenvalue weighted by molar-refractivity contribution is 5.96. The van der Waals surface area contributed by atoms with E-state index < -0.39 is 12.1 Å². The molecular formula is C30H33N3O4. The van der Waals surface area contributed by atoms with Crippen LogP contribution in [0.25, 0.3) is 11.1 Å². The van der Waals surface area contributed by atoms with E-state index in [4.69, 9.17) is 9.47 Å². The van der Waals surface area contributed by atoms with Gasteiger partial charge in [0.05, 0.1) is 13.2 Å². The van der Waals surface area contributed by atoms with Crippen molar-refractivity contribution in [2.75, 3.05) is 43.1 Å². The normalized spacial score (nSPS) is 15.6. The Labute approximate surface area is 217 Å². The number of nitrogens with zero attached hydrogens (tertiary/aromatic N) is 1. The number of amides is 2. The van der Waals surface area contributed by atoms with Crippen LogP contribution in [-0.4, -0.2) is 51.0 Å². The number of hydrogen-bond acceptors (Lipinski definition) is 5. The zero-order valence-electron chi connectivity index (χ0n) is 21.3. The summed E-state index contributed by atoms with van der Waals surface area (Å²) in [6.45, 7) is 7.14. The molecule has 0 saturated carbocycles. The van der Waals surface area contributed by atoms with Gasteiger partial charge in [-0.1, -0.05) is 62.4 Å². The predicted molar refractivity (Wildman–Crippen MR) is 145 cm³/mol. The third kappa shape index (κ3) is 5.47. The van der Waals surface area contributed by atoms with Crippen molar-refractivity contribution in [3.05, 3.63) is 83.9 Å². The van der Waals surface area contributed by atoms with Crippen molar-refractivity contribution in [2.45, 2.75) is 25.8 Å². The average molecular weight is 500 g/mol. The lowest BCUT2D eigenvalue weighted by Gasteiger charge is -2.29. The number of hydrogen-bond donors (Lipinski definition) is 2. The third-order valence-corrected chi connectivity index (χ3v) is 7.08. The maximum absolute atomic E-state index is 13.1. The van der Waals surface area contributed by atoms with Crippen molar-refractivity contribution in [1.82, 2.24) is 5.32 Å². The molecule has 5 rings (SSSR count). The number of carbonyl (C=O) groups excluding carboxylic acids is 2. The lowest BCUT2D eigenvalue weighted by atomic mass is 9.98. The fraction of sp³-hybridized carbons (Fsp3) is 0.333. The summed E-state index contributed by atoms with van der Waals surface area (Å²) in [5.41, 5.74) is 6.42. The van der Waals surface area contributed by atoms with Gasteiger partial charge < -0.3 is 25.0 Å². The van der Waals surface area contributed by atoms with Crippen LogP contribution in [0.4, 0.5) is 16.2 Å². The highest BCUT2D eigenvalue weighted by Crippen LogP contribution is 2.44. The van der Waals surface area contributed by atoms with Crippen LogP contribution in [0.5, 0.6) is 0 Å². The molecule has 0 unspecified atom stereocenters. The Morgan fingerprint density at radius 2 is 1.51 bits per heavy atom. The Balaban J connectivity index is 1.19. The smallest absolute Gasteiger partial charge is 0.407 e. The number of rotatable bonds is 7. The maximum Gasteiger partial charge on any atom is 0.407 e. The zero-order valence-corrected chi connectivity index (χ0v) is 21.3. The van der Waals surface area contributed by atoms with Gasteiger partial charge in [-0.2, -0.15) is 0 Å². The first-order valence-electron chi connectivity index (χ1n) is 12.9. The minimum absolute atomic E-state index is 0.0329. The van der Waals surface area contributed by atoms with Gasteiger partial charge in [-0.05, 0) is 52.4 Å². The van der Waals surface area contributed by atoms with Gasteiger partial charge in [0, 0.05) is 30.4 Å². The van der Waals surface area contributed by atoms with Crippen LogP contribution in [0.2, 0.25) is 0 Å². The van der Waals surface area contributed by atoms with E-state index in [1.54, 1.807) is 0 Å².